The normalized spacial score (nSPS) is 0. The Kier molecular flexibility index (Phi) is 306. The molecule has 0 saturated carbocycles. The number of hydrogen-bond acceptors (Lipinski definition) is 0. The van der Waals surface area contributed by atoms with Crippen LogP contribution in [0.25, 0.3) is 0 Å². The van der Waals surface area contributed by atoms with E-state index in [1.807, 2.05) is 0 Å². The van der Waals surface area contributed by atoms with Gasteiger partial charge < -0.3 is 2.85 Å². The second kappa shape index (κ2) is 30.9. The van der Waals surface area contributed by atoms with E-state index in [-0.39, 0.29) is 88.7 Å². The maximum atomic E-state index is 0. The summed E-state index contributed by atoms with van der Waals surface area (Å²) in [4.78, 5) is 0. The van der Waals surface area contributed by atoms with Gasteiger partial charge in [-0.05, 0) is 0 Å². The van der Waals surface area contributed by atoms with Gasteiger partial charge in [-0.25, -0.2) is 0 Å². The van der Waals surface area contributed by atoms with Crippen LogP contribution >= 0.6 is 0 Å². The van der Waals surface area contributed by atoms with Crippen LogP contribution in [0.5, 0.6) is 0 Å². The molecule has 0 N–H and O–H groups in total. The molecule has 0 saturated heterocycles. The summed E-state index contributed by atoms with van der Waals surface area (Å²) in [6.45, 7) is 0. The summed E-state index contributed by atoms with van der Waals surface area (Å²) in [5.74, 6) is 0. The monoisotopic (exact) mass is 163 g/mol. The smallest absolute Gasteiger partial charge is 1.00 e. The minimum absolute atomic E-state index is 0. The molecule has 0 rings (SSSR count). The van der Waals surface area contributed by atoms with E-state index in [4.69, 9.17) is 0 Å². The van der Waals surface area contributed by atoms with Crippen molar-refractivity contribution in [2.75, 3.05) is 0 Å². The Labute approximate surface area is 87.7 Å². The third-order valence-electron chi connectivity index (χ3n) is 0. The van der Waals surface area contributed by atoms with Crippen molar-refractivity contribution in [1.82, 2.24) is 0 Å². The predicted octanol–water partition coefficient (Wildman–Crippen LogP) is -1.30. The van der Waals surface area contributed by atoms with Gasteiger partial charge in [-0.15, -0.1) is 0 Å². The van der Waals surface area contributed by atoms with Gasteiger partial charge in [0.2, 0.25) is 0 Å². The molecule has 5 heteroatoms. The van der Waals surface area contributed by atoms with Crippen molar-refractivity contribution < 1.29 is 19.9 Å². The molecule has 0 aliphatic rings. The Hall–Kier alpha value is 2.57. The van der Waals surface area contributed by atoms with E-state index in [9.17, 15) is 0 Å². The first-order valence-electron chi connectivity index (χ1n) is 0. The summed E-state index contributed by atoms with van der Waals surface area (Å²) in [6.07, 6.45) is 0. The van der Waals surface area contributed by atoms with Crippen molar-refractivity contribution in [3.05, 3.63) is 0 Å². The van der Waals surface area contributed by atoms with E-state index in [1.54, 1.807) is 0 Å². The van der Waals surface area contributed by atoms with Gasteiger partial charge in [-0.1, -0.05) is 0 Å². The van der Waals surface area contributed by atoms with Crippen LogP contribution in [0.3, 0.4) is 0 Å². The Balaban J connectivity index is 0. The minimum Gasteiger partial charge on any atom is -1.00 e. The molecule has 11 radical (unpaired) electrons. The standard InChI is InChI=1S/2Al.Mg.Mn.Si.2H/q;;+2;;;2*-1. The van der Waals surface area contributed by atoms with Gasteiger partial charge >= 0.3 is 23.1 Å². The summed E-state index contributed by atoms with van der Waals surface area (Å²) in [7, 11) is 0. The van der Waals surface area contributed by atoms with Gasteiger partial charge in [-0.2, -0.15) is 0 Å². The van der Waals surface area contributed by atoms with Gasteiger partial charge in [0.25, 0.3) is 0 Å². The average Bonchev–Trinajstić information content (AvgIpc) is 0. The van der Waals surface area contributed by atoms with Crippen molar-refractivity contribution in [1.29, 1.82) is 0 Å². The van der Waals surface area contributed by atoms with Crippen LogP contribution in [0.1, 0.15) is 2.85 Å². The second-order valence-corrected chi connectivity index (χ2v) is 0. The maximum Gasteiger partial charge on any atom is 2.00 e. The third kappa shape index (κ3) is 20.8. The molecule has 0 aromatic carbocycles. The van der Waals surface area contributed by atoms with Crippen LogP contribution < -0.4 is 0 Å². The zero-order valence-electron chi connectivity index (χ0n) is 4.74. The molecule has 5 heavy (non-hydrogen) atoms. The van der Waals surface area contributed by atoms with Crippen LogP contribution in [-0.4, -0.2) is 68.7 Å². The fourth-order valence-electron chi connectivity index (χ4n) is 0. The SMILES string of the molecule is [Al].[Al].[H-].[H-].[Mg+2].[Mn].[Si]. The van der Waals surface area contributed by atoms with Gasteiger partial charge in [-0.3, -0.25) is 0 Å². The molecular formula is H2Al2MgMnSi. The van der Waals surface area contributed by atoms with E-state index in [0.29, 0.717) is 0 Å². The molecule has 0 fully saturated rings. The van der Waals surface area contributed by atoms with E-state index in [2.05, 4.69) is 0 Å². The van der Waals surface area contributed by atoms with Crippen molar-refractivity contribution in [2.24, 2.45) is 0 Å². The van der Waals surface area contributed by atoms with Gasteiger partial charge in [0.05, 0.1) is 0 Å². The first-order chi connectivity index (χ1) is 0. The molecule has 0 aromatic rings. The molecule has 0 atom stereocenters. The van der Waals surface area contributed by atoms with Crippen molar-refractivity contribution in [2.45, 2.75) is 0 Å². The van der Waals surface area contributed by atoms with Gasteiger partial charge in [0.1, 0.15) is 0 Å². The third-order valence-corrected chi connectivity index (χ3v) is 0. The predicted molar refractivity (Wildman–Crippen MR) is 25.2 cm³/mol. The summed E-state index contributed by atoms with van der Waals surface area (Å²) < 4.78 is 0. The Morgan fingerprint density at radius 2 is 1.00 bits per heavy atom. The van der Waals surface area contributed by atoms with Crippen molar-refractivity contribution in [3.63, 3.8) is 0 Å². The van der Waals surface area contributed by atoms with E-state index in [1.165, 1.54) is 0 Å². The molecule has 0 aromatic heterocycles. The molecular weight excluding hydrogens is 161 g/mol. The Bertz CT molecular complexity index is 15.7. The summed E-state index contributed by atoms with van der Waals surface area (Å²) in [5, 5.41) is 0. The maximum absolute atomic E-state index is 0. The molecule has 0 unspecified atom stereocenters. The first-order valence-corrected chi connectivity index (χ1v) is 0. The van der Waals surface area contributed by atoms with Crippen LogP contribution in [0.4, 0.5) is 0 Å². The summed E-state index contributed by atoms with van der Waals surface area (Å²) >= 11 is 0. The fraction of sp³-hybridized carbons (Fsp3) is 0. The zero-order valence-corrected chi connectivity index (χ0v) is 8.64. The topological polar surface area (TPSA) is 0 Å². The van der Waals surface area contributed by atoms with Crippen molar-refractivity contribution >= 4 is 68.7 Å². The Morgan fingerprint density at radius 1 is 1.00 bits per heavy atom. The van der Waals surface area contributed by atoms with Gasteiger partial charge in [0.15, 0.2) is 0 Å². The molecule has 21 valence electrons. The quantitative estimate of drug-likeness (QED) is 0.389. The first kappa shape index (κ1) is 49.5. The second-order valence-electron chi connectivity index (χ2n) is 0. The molecule has 0 nitrogen and oxygen atoms in total. The van der Waals surface area contributed by atoms with E-state index in [0.717, 1.165) is 0 Å². The number of hydrogen-bond donors (Lipinski definition) is 0. The summed E-state index contributed by atoms with van der Waals surface area (Å²) in [6, 6.07) is 0. The van der Waals surface area contributed by atoms with E-state index < -0.39 is 0 Å². The molecule has 0 spiro atoms. The average molecular weight is 163 g/mol. The molecule has 0 heterocycles. The van der Waals surface area contributed by atoms with Crippen molar-refractivity contribution in [3.8, 4) is 0 Å². The largest absolute Gasteiger partial charge is 2.00 e. The minimum atomic E-state index is 0. The molecule has 0 bridgehead atoms. The molecule has 0 amide bonds. The van der Waals surface area contributed by atoms with E-state index >= 15 is 0 Å². The molecule has 0 aliphatic carbocycles. The molecule has 0 aliphatic heterocycles. The van der Waals surface area contributed by atoms with Crippen LogP contribution in [0.15, 0.2) is 0 Å². The van der Waals surface area contributed by atoms with Crippen LogP contribution in [0, 0.1) is 0 Å². The zero-order chi connectivity index (χ0) is 0. The van der Waals surface area contributed by atoms with Crippen LogP contribution in [-0.2, 0) is 17.1 Å². The van der Waals surface area contributed by atoms with Gasteiger partial charge in [0, 0.05) is 62.8 Å². The fourth-order valence-corrected chi connectivity index (χ4v) is 0. The Morgan fingerprint density at radius 3 is 1.00 bits per heavy atom. The number of rotatable bonds is 0. The van der Waals surface area contributed by atoms with Crippen LogP contribution in [0.2, 0.25) is 0 Å². The summed E-state index contributed by atoms with van der Waals surface area (Å²) in [5.41, 5.74) is 0.